The molecule has 4 nitrogen and oxygen atoms in total. The van der Waals surface area contributed by atoms with Gasteiger partial charge < -0.3 is 10.1 Å². The van der Waals surface area contributed by atoms with Gasteiger partial charge in [0.05, 0.1) is 13.2 Å². The Hall–Kier alpha value is -0.390. The standard InChI is InChI=1S/C8H14ClN3OS/c1-2-7-11-8(14-12-7)10-4-6-13-5-3-9/h2-6H2,1H3,(H,10,11,12). The number of hydrogen-bond donors (Lipinski definition) is 1. The van der Waals surface area contributed by atoms with E-state index >= 15 is 0 Å². The van der Waals surface area contributed by atoms with Crippen LogP contribution < -0.4 is 5.32 Å². The molecule has 80 valence electrons. The molecular formula is C8H14ClN3OS. The topological polar surface area (TPSA) is 47.0 Å². The van der Waals surface area contributed by atoms with Gasteiger partial charge in [0.25, 0.3) is 0 Å². The quantitative estimate of drug-likeness (QED) is 0.578. The second-order valence-electron chi connectivity index (χ2n) is 2.60. The Balaban J connectivity index is 2.12. The summed E-state index contributed by atoms with van der Waals surface area (Å²) in [6.07, 6.45) is 0.876. The van der Waals surface area contributed by atoms with Crippen LogP contribution in [0.3, 0.4) is 0 Å². The molecule has 1 aromatic rings. The summed E-state index contributed by atoms with van der Waals surface area (Å²) in [7, 11) is 0. The maximum atomic E-state index is 5.45. The molecule has 0 aliphatic carbocycles. The molecular weight excluding hydrogens is 222 g/mol. The first-order valence-corrected chi connectivity index (χ1v) is 5.87. The smallest absolute Gasteiger partial charge is 0.202 e. The van der Waals surface area contributed by atoms with Crippen molar-refractivity contribution in [3.8, 4) is 0 Å². The first-order valence-electron chi connectivity index (χ1n) is 4.57. The van der Waals surface area contributed by atoms with E-state index in [0.717, 1.165) is 23.9 Å². The molecule has 0 radical (unpaired) electrons. The minimum absolute atomic E-state index is 0.540. The van der Waals surface area contributed by atoms with E-state index in [1.807, 2.05) is 6.92 Å². The minimum Gasteiger partial charge on any atom is -0.378 e. The van der Waals surface area contributed by atoms with Crippen LogP contribution in [0.15, 0.2) is 0 Å². The van der Waals surface area contributed by atoms with Crippen molar-refractivity contribution in [2.45, 2.75) is 13.3 Å². The first-order chi connectivity index (χ1) is 6.86. The van der Waals surface area contributed by atoms with Gasteiger partial charge in [0.2, 0.25) is 5.13 Å². The number of ether oxygens (including phenoxy) is 1. The number of anilines is 1. The van der Waals surface area contributed by atoms with Gasteiger partial charge in [-0.2, -0.15) is 4.37 Å². The van der Waals surface area contributed by atoms with Gasteiger partial charge >= 0.3 is 0 Å². The Morgan fingerprint density at radius 1 is 1.50 bits per heavy atom. The molecule has 0 unspecified atom stereocenters. The maximum Gasteiger partial charge on any atom is 0.202 e. The van der Waals surface area contributed by atoms with Crippen molar-refractivity contribution in [3.05, 3.63) is 5.82 Å². The summed E-state index contributed by atoms with van der Waals surface area (Å²) in [4.78, 5) is 4.26. The molecule has 0 saturated carbocycles. The van der Waals surface area contributed by atoms with Crippen LogP contribution in [0.2, 0.25) is 0 Å². The van der Waals surface area contributed by atoms with E-state index in [4.69, 9.17) is 16.3 Å². The van der Waals surface area contributed by atoms with Crippen LogP contribution in [-0.2, 0) is 11.2 Å². The SMILES string of the molecule is CCc1nsc(NCCOCCCl)n1. The lowest BCUT2D eigenvalue weighted by molar-refractivity contribution is 0.160. The number of alkyl halides is 1. The van der Waals surface area contributed by atoms with Crippen LogP contribution in [0.1, 0.15) is 12.7 Å². The van der Waals surface area contributed by atoms with Crippen molar-refractivity contribution in [1.29, 1.82) is 0 Å². The third-order valence-electron chi connectivity index (χ3n) is 1.53. The monoisotopic (exact) mass is 235 g/mol. The third-order valence-corrected chi connectivity index (χ3v) is 2.39. The summed E-state index contributed by atoms with van der Waals surface area (Å²) in [5.74, 6) is 1.43. The third kappa shape index (κ3) is 4.21. The van der Waals surface area contributed by atoms with E-state index in [-0.39, 0.29) is 0 Å². The average molecular weight is 236 g/mol. The molecule has 1 aromatic heterocycles. The number of halogens is 1. The van der Waals surface area contributed by atoms with Gasteiger partial charge in [-0.15, -0.1) is 11.6 Å². The van der Waals surface area contributed by atoms with Crippen molar-refractivity contribution in [3.63, 3.8) is 0 Å². The van der Waals surface area contributed by atoms with E-state index in [9.17, 15) is 0 Å². The molecule has 0 fully saturated rings. The molecule has 1 heterocycles. The number of aromatic nitrogens is 2. The van der Waals surface area contributed by atoms with E-state index in [1.165, 1.54) is 11.5 Å². The van der Waals surface area contributed by atoms with Gasteiger partial charge in [0.15, 0.2) is 0 Å². The fourth-order valence-corrected chi connectivity index (χ4v) is 1.64. The molecule has 0 aliphatic rings. The highest BCUT2D eigenvalue weighted by atomic mass is 35.5. The molecule has 14 heavy (non-hydrogen) atoms. The fraction of sp³-hybridized carbons (Fsp3) is 0.750. The highest BCUT2D eigenvalue weighted by Crippen LogP contribution is 2.10. The van der Waals surface area contributed by atoms with E-state index < -0.39 is 0 Å². The largest absolute Gasteiger partial charge is 0.378 e. The summed E-state index contributed by atoms with van der Waals surface area (Å²) in [5.41, 5.74) is 0. The molecule has 0 atom stereocenters. The highest BCUT2D eigenvalue weighted by molar-refractivity contribution is 7.09. The molecule has 0 saturated heterocycles. The number of rotatable bonds is 7. The Morgan fingerprint density at radius 3 is 3.00 bits per heavy atom. The summed E-state index contributed by atoms with van der Waals surface area (Å²) in [6.45, 7) is 4.03. The number of nitrogens with one attached hydrogen (secondary N) is 1. The van der Waals surface area contributed by atoms with E-state index in [2.05, 4.69) is 14.7 Å². The second kappa shape index (κ2) is 6.98. The maximum absolute atomic E-state index is 5.45. The summed E-state index contributed by atoms with van der Waals surface area (Å²) in [6, 6.07) is 0. The van der Waals surface area contributed by atoms with Gasteiger partial charge in [-0.25, -0.2) is 4.98 Å². The van der Waals surface area contributed by atoms with Crippen molar-refractivity contribution in [2.75, 3.05) is 31.0 Å². The summed E-state index contributed by atoms with van der Waals surface area (Å²) < 4.78 is 9.36. The fourth-order valence-electron chi connectivity index (χ4n) is 0.856. The first kappa shape index (κ1) is 11.7. The molecule has 0 aliphatic heterocycles. The number of nitrogens with zero attached hydrogens (tertiary/aromatic N) is 2. The summed E-state index contributed by atoms with van der Waals surface area (Å²) in [5, 5.41) is 3.99. The Labute approximate surface area is 92.8 Å². The van der Waals surface area contributed by atoms with Crippen molar-refractivity contribution in [1.82, 2.24) is 9.36 Å². The molecule has 1 N–H and O–H groups in total. The molecule has 1 rings (SSSR count). The lowest BCUT2D eigenvalue weighted by atomic mass is 10.5. The minimum atomic E-state index is 0.540. The van der Waals surface area contributed by atoms with Gasteiger partial charge in [-0.05, 0) is 0 Å². The number of hydrogen-bond acceptors (Lipinski definition) is 5. The average Bonchev–Trinajstić information content (AvgIpc) is 2.65. The predicted molar refractivity (Wildman–Crippen MR) is 59.3 cm³/mol. The second-order valence-corrected chi connectivity index (χ2v) is 3.73. The number of aryl methyl sites for hydroxylation is 1. The molecule has 0 amide bonds. The van der Waals surface area contributed by atoms with Gasteiger partial charge in [-0.3, -0.25) is 0 Å². The Kier molecular flexibility index (Phi) is 5.82. The highest BCUT2D eigenvalue weighted by Gasteiger charge is 2.00. The van der Waals surface area contributed by atoms with Crippen LogP contribution in [0.4, 0.5) is 5.13 Å². The van der Waals surface area contributed by atoms with E-state index in [0.29, 0.717) is 19.1 Å². The zero-order chi connectivity index (χ0) is 10.2. The zero-order valence-corrected chi connectivity index (χ0v) is 9.70. The van der Waals surface area contributed by atoms with Crippen molar-refractivity contribution >= 4 is 28.3 Å². The Morgan fingerprint density at radius 2 is 2.36 bits per heavy atom. The van der Waals surface area contributed by atoms with Crippen LogP contribution in [0.5, 0.6) is 0 Å². The molecule has 0 spiro atoms. The lowest BCUT2D eigenvalue weighted by Crippen LogP contribution is -2.10. The lowest BCUT2D eigenvalue weighted by Gasteiger charge is -2.01. The van der Waals surface area contributed by atoms with Crippen LogP contribution >= 0.6 is 23.1 Å². The van der Waals surface area contributed by atoms with Crippen LogP contribution in [-0.4, -0.2) is 35.0 Å². The van der Waals surface area contributed by atoms with Gasteiger partial charge in [-0.1, -0.05) is 6.92 Å². The van der Waals surface area contributed by atoms with E-state index in [1.54, 1.807) is 0 Å². The molecule has 0 aromatic carbocycles. The van der Waals surface area contributed by atoms with Crippen molar-refractivity contribution < 1.29 is 4.74 Å². The van der Waals surface area contributed by atoms with Gasteiger partial charge in [0.1, 0.15) is 5.82 Å². The Bertz CT molecular complexity index is 256. The molecule has 6 heteroatoms. The predicted octanol–water partition coefficient (Wildman–Crippen LogP) is 1.77. The normalized spacial score (nSPS) is 10.4. The molecule has 0 bridgehead atoms. The zero-order valence-electron chi connectivity index (χ0n) is 8.12. The van der Waals surface area contributed by atoms with Crippen molar-refractivity contribution in [2.24, 2.45) is 0 Å². The van der Waals surface area contributed by atoms with Crippen LogP contribution in [0, 0.1) is 0 Å². The van der Waals surface area contributed by atoms with Gasteiger partial charge in [0, 0.05) is 30.4 Å². The van der Waals surface area contributed by atoms with Crippen LogP contribution in [0.25, 0.3) is 0 Å². The summed E-state index contributed by atoms with van der Waals surface area (Å²) >= 11 is 6.84.